The van der Waals surface area contributed by atoms with Gasteiger partial charge in [0.2, 0.25) is 0 Å². The molecule has 0 fully saturated rings. The molecule has 0 amide bonds. The molecule has 0 spiro atoms. The van der Waals surface area contributed by atoms with Gasteiger partial charge in [0.25, 0.3) is 0 Å². The van der Waals surface area contributed by atoms with Crippen LogP contribution in [0, 0.1) is 6.92 Å². The first kappa shape index (κ1) is 5.61. The van der Waals surface area contributed by atoms with Crippen molar-refractivity contribution in [1.82, 2.24) is 0 Å². The van der Waals surface area contributed by atoms with Crippen LogP contribution < -0.4 is 0 Å². The summed E-state index contributed by atoms with van der Waals surface area (Å²) >= 11 is 4.04. The Morgan fingerprint density at radius 2 is 2.29 bits per heavy atom. The average Bonchev–Trinajstić information content (AvgIpc) is 1.87. The fraction of sp³-hybridized carbons (Fsp3) is 0.200. The summed E-state index contributed by atoms with van der Waals surface area (Å²) < 4.78 is 2.86. The minimum absolute atomic E-state index is 0.625. The molecule has 0 aliphatic carbocycles. The quantitative estimate of drug-likeness (QED) is 0.589. The Hall–Kier alpha value is 0.479. The normalized spacial score (nSPS) is 9.43. The van der Waals surface area contributed by atoms with Crippen molar-refractivity contribution < 1.29 is 0 Å². The summed E-state index contributed by atoms with van der Waals surface area (Å²) in [5.41, 5.74) is 0. The van der Waals surface area contributed by atoms with Gasteiger partial charge in [-0.3, -0.25) is 0 Å². The Morgan fingerprint density at radius 3 is 2.43 bits per heavy atom. The van der Waals surface area contributed by atoms with E-state index in [1.54, 1.807) is 0 Å². The fourth-order valence-electron chi connectivity index (χ4n) is 0.405. The summed E-state index contributed by atoms with van der Waals surface area (Å²) in [7, 11) is 0. The van der Waals surface area contributed by atoms with Gasteiger partial charge in [0.05, 0.1) is 0 Å². The molecule has 0 radical (unpaired) electrons. The predicted octanol–water partition coefficient (Wildman–Crippen LogP) is 1.81. The summed E-state index contributed by atoms with van der Waals surface area (Å²) in [6, 6.07) is 4.28. The number of hydrogen-bond donors (Lipinski definition) is 0. The molecule has 38 valence electrons. The Balaban J connectivity index is 3.04. The van der Waals surface area contributed by atoms with E-state index in [1.807, 2.05) is 0 Å². The molecule has 0 saturated heterocycles. The second-order valence-electron chi connectivity index (χ2n) is 1.35. The van der Waals surface area contributed by atoms with Crippen LogP contribution in [-0.2, 0) is 0 Å². The van der Waals surface area contributed by atoms with Crippen molar-refractivity contribution in [2.45, 2.75) is 6.92 Å². The fourth-order valence-corrected chi connectivity index (χ4v) is 3.08. The third kappa shape index (κ3) is 1.45. The van der Waals surface area contributed by atoms with Gasteiger partial charge in [-0.1, -0.05) is 0 Å². The molecule has 1 rings (SSSR count). The van der Waals surface area contributed by atoms with Crippen LogP contribution in [0.5, 0.6) is 0 Å². The van der Waals surface area contributed by atoms with Crippen molar-refractivity contribution in [3.63, 3.8) is 0 Å². The van der Waals surface area contributed by atoms with E-state index in [9.17, 15) is 0 Å². The van der Waals surface area contributed by atoms with Crippen LogP contribution in [0.15, 0.2) is 15.5 Å². The molecule has 0 atom stereocenters. The number of hydrogen-bond acceptors (Lipinski definition) is 0. The van der Waals surface area contributed by atoms with E-state index in [-0.39, 0.29) is 0 Å². The van der Waals surface area contributed by atoms with Crippen molar-refractivity contribution >= 4 is 30.4 Å². The monoisotopic (exact) mass is 224 g/mol. The second kappa shape index (κ2) is 2.16. The van der Waals surface area contributed by atoms with Gasteiger partial charge in [0.15, 0.2) is 0 Å². The molecule has 0 unspecified atom stereocenters. The van der Waals surface area contributed by atoms with E-state index in [0.717, 1.165) is 0 Å². The van der Waals surface area contributed by atoms with Crippen molar-refractivity contribution in [3.05, 3.63) is 19.9 Å². The Morgan fingerprint density at radius 1 is 1.57 bits per heavy atom. The minimum atomic E-state index is 0.625. The number of rotatable bonds is 0. The van der Waals surface area contributed by atoms with E-state index in [2.05, 4.69) is 35.0 Å². The Labute approximate surface area is 57.4 Å². The van der Waals surface area contributed by atoms with Crippen LogP contribution >= 0.6 is 15.9 Å². The molecular formula is C5H5BrSe. The van der Waals surface area contributed by atoms with Gasteiger partial charge in [-0.2, -0.15) is 0 Å². The first-order valence-corrected chi connectivity index (χ1v) is 4.51. The summed E-state index contributed by atoms with van der Waals surface area (Å²) in [5.74, 6) is 0. The molecule has 0 saturated carbocycles. The van der Waals surface area contributed by atoms with Crippen molar-refractivity contribution in [1.29, 1.82) is 0 Å². The van der Waals surface area contributed by atoms with Crippen LogP contribution in [0.2, 0.25) is 0 Å². The molecule has 0 aliphatic heterocycles. The molecule has 2 heteroatoms. The molecule has 0 bridgehead atoms. The number of halogens is 1. The Bertz CT molecular complexity index is 140. The Kier molecular flexibility index (Phi) is 1.74. The van der Waals surface area contributed by atoms with E-state index < -0.39 is 0 Å². The molecule has 0 N–H and O–H groups in total. The molecule has 0 nitrogen and oxygen atoms in total. The summed E-state index contributed by atoms with van der Waals surface area (Å²) in [4.78, 5) is 0. The van der Waals surface area contributed by atoms with Crippen molar-refractivity contribution in [2.24, 2.45) is 0 Å². The third-order valence-corrected chi connectivity index (χ3v) is 3.47. The molecular weight excluding hydrogens is 219 g/mol. The van der Waals surface area contributed by atoms with Crippen LogP contribution in [0.25, 0.3) is 0 Å². The van der Waals surface area contributed by atoms with Gasteiger partial charge in [-0.15, -0.1) is 0 Å². The average molecular weight is 224 g/mol. The maximum atomic E-state index is 3.42. The van der Waals surface area contributed by atoms with Crippen molar-refractivity contribution in [2.75, 3.05) is 0 Å². The SMILES string of the molecule is Cc1ccc(Br)[se]1. The standard InChI is InChI=1S/C5H5BrSe/c1-4-2-3-5(6)7-4/h2-3H,1H3. The van der Waals surface area contributed by atoms with Gasteiger partial charge in [-0.05, 0) is 0 Å². The molecule has 0 aliphatic rings. The van der Waals surface area contributed by atoms with Gasteiger partial charge in [-0.25, -0.2) is 0 Å². The summed E-state index contributed by atoms with van der Waals surface area (Å²) in [5, 5.41) is 0. The zero-order valence-electron chi connectivity index (χ0n) is 3.94. The molecule has 1 aromatic heterocycles. The first-order valence-electron chi connectivity index (χ1n) is 2.01. The zero-order valence-corrected chi connectivity index (χ0v) is 7.24. The van der Waals surface area contributed by atoms with Gasteiger partial charge < -0.3 is 0 Å². The number of aryl methyl sites for hydroxylation is 1. The van der Waals surface area contributed by atoms with Crippen LogP contribution in [0.3, 0.4) is 0 Å². The summed E-state index contributed by atoms with van der Waals surface area (Å²) in [6.07, 6.45) is 0. The van der Waals surface area contributed by atoms with Crippen LogP contribution in [-0.4, -0.2) is 14.5 Å². The van der Waals surface area contributed by atoms with Gasteiger partial charge in [0, 0.05) is 0 Å². The molecule has 1 aromatic rings. The first-order chi connectivity index (χ1) is 3.29. The summed E-state index contributed by atoms with van der Waals surface area (Å²) in [6.45, 7) is 2.16. The van der Waals surface area contributed by atoms with Crippen molar-refractivity contribution in [3.8, 4) is 0 Å². The van der Waals surface area contributed by atoms with E-state index in [0.29, 0.717) is 14.5 Å². The topological polar surface area (TPSA) is 0 Å². The van der Waals surface area contributed by atoms with Gasteiger partial charge >= 0.3 is 57.3 Å². The zero-order chi connectivity index (χ0) is 5.28. The van der Waals surface area contributed by atoms with Gasteiger partial charge in [0.1, 0.15) is 0 Å². The molecule has 0 aromatic carbocycles. The second-order valence-corrected chi connectivity index (χ2v) is 6.09. The molecule has 7 heavy (non-hydrogen) atoms. The maximum absolute atomic E-state index is 3.42. The predicted molar refractivity (Wildman–Crippen MR) is 35.8 cm³/mol. The van der Waals surface area contributed by atoms with E-state index in [1.165, 1.54) is 7.78 Å². The van der Waals surface area contributed by atoms with Crippen LogP contribution in [0.4, 0.5) is 0 Å². The third-order valence-electron chi connectivity index (χ3n) is 0.708. The van der Waals surface area contributed by atoms with E-state index in [4.69, 9.17) is 0 Å². The van der Waals surface area contributed by atoms with Crippen LogP contribution in [0.1, 0.15) is 4.44 Å². The van der Waals surface area contributed by atoms with E-state index >= 15 is 0 Å². The molecule has 1 heterocycles.